The molecule has 0 fully saturated rings. The van der Waals surface area contributed by atoms with Gasteiger partial charge in [0.15, 0.2) is 0 Å². The zero-order valence-electron chi connectivity index (χ0n) is 10.4. The molecule has 1 amide bonds. The lowest BCUT2D eigenvalue weighted by molar-refractivity contribution is 0.0508. The number of rotatable bonds is 1. The van der Waals surface area contributed by atoms with Crippen molar-refractivity contribution in [3.8, 4) is 0 Å². The smallest absolute Gasteiger partial charge is 0.408 e. The van der Waals surface area contributed by atoms with Gasteiger partial charge in [0.2, 0.25) is 0 Å². The van der Waals surface area contributed by atoms with Crippen LogP contribution in [0.3, 0.4) is 0 Å². The molecule has 16 heavy (non-hydrogen) atoms. The number of nitrogens with one attached hydrogen (secondary N) is 1. The second-order valence-electron chi connectivity index (χ2n) is 5.32. The highest BCUT2D eigenvalue weighted by Crippen LogP contribution is 2.22. The fraction of sp³-hybridized carbons (Fsp3) is 0.750. The van der Waals surface area contributed by atoms with Crippen molar-refractivity contribution < 1.29 is 14.6 Å². The topological polar surface area (TPSA) is 58.6 Å². The Morgan fingerprint density at radius 2 is 2.12 bits per heavy atom. The van der Waals surface area contributed by atoms with Gasteiger partial charge < -0.3 is 15.2 Å². The first kappa shape index (κ1) is 12.9. The highest BCUT2D eigenvalue weighted by Gasteiger charge is 2.23. The van der Waals surface area contributed by atoms with Crippen LogP contribution >= 0.6 is 0 Å². The average Bonchev–Trinajstić information content (AvgIpc) is 2.08. The third kappa shape index (κ3) is 4.13. The van der Waals surface area contributed by atoms with E-state index in [1.165, 1.54) is 0 Å². The molecule has 92 valence electrons. The average molecular weight is 227 g/mol. The third-order valence-corrected chi connectivity index (χ3v) is 2.49. The molecule has 1 rings (SSSR count). The van der Waals surface area contributed by atoms with E-state index in [2.05, 4.69) is 5.32 Å². The molecule has 0 bridgehead atoms. The number of carbonyl (C=O) groups excluding carboxylic acids is 1. The first-order valence-electron chi connectivity index (χ1n) is 5.68. The van der Waals surface area contributed by atoms with E-state index in [-0.39, 0.29) is 12.0 Å². The molecule has 4 nitrogen and oxygen atoms in total. The number of alkyl carbamates (subject to hydrolysis) is 1. The Hall–Kier alpha value is -1.19. The van der Waals surface area contributed by atoms with Crippen molar-refractivity contribution in [2.45, 2.75) is 52.2 Å². The zero-order chi connectivity index (χ0) is 12.3. The van der Waals surface area contributed by atoms with Gasteiger partial charge >= 0.3 is 6.09 Å². The fourth-order valence-corrected chi connectivity index (χ4v) is 1.60. The van der Waals surface area contributed by atoms with E-state index < -0.39 is 11.7 Å². The molecule has 1 aliphatic rings. The van der Waals surface area contributed by atoms with Crippen LogP contribution in [-0.4, -0.2) is 22.8 Å². The fourth-order valence-electron chi connectivity index (χ4n) is 1.60. The third-order valence-electron chi connectivity index (χ3n) is 2.49. The highest BCUT2D eigenvalue weighted by atomic mass is 16.6. The first-order chi connectivity index (χ1) is 7.28. The summed E-state index contributed by atoms with van der Waals surface area (Å²) in [6.45, 7) is 7.43. The van der Waals surface area contributed by atoms with Gasteiger partial charge in [-0.05, 0) is 39.7 Å². The van der Waals surface area contributed by atoms with Gasteiger partial charge in [0.1, 0.15) is 5.60 Å². The Morgan fingerprint density at radius 3 is 2.62 bits per heavy atom. The van der Waals surface area contributed by atoms with Crippen LogP contribution in [0.15, 0.2) is 11.8 Å². The predicted molar refractivity (Wildman–Crippen MR) is 62.3 cm³/mol. The molecule has 0 spiro atoms. The lowest BCUT2D eigenvalue weighted by Gasteiger charge is -2.26. The summed E-state index contributed by atoms with van der Waals surface area (Å²) in [7, 11) is 0. The molecular weight excluding hydrogens is 206 g/mol. The number of aliphatic hydroxyl groups is 1. The maximum Gasteiger partial charge on any atom is 0.408 e. The molecule has 0 saturated carbocycles. The Labute approximate surface area is 96.7 Å². The van der Waals surface area contributed by atoms with Crippen molar-refractivity contribution in [1.82, 2.24) is 5.32 Å². The molecule has 2 N–H and O–H groups in total. The van der Waals surface area contributed by atoms with Crippen LogP contribution in [0.25, 0.3) is 0 Å². The van der Waals surface area contributed by atoms with E-state index in [0.29, 0.717) is 5.76 Å². The molecule has 0 saturated heterocycles. The summed E-state index contributed by atoms with van der Waals surface area (Å²) in [5.74, 6) is 0.545. The quantitative estimate of drug-likeness (QED) is 0.724. The van der Waals surface area contributed by atoms with Gasteiger partial charge in [0, 0.05) is 5.92 Å². The normalized spacial score (nSPS) is 25.9. The summed E-state index contributed by atoms with van der Waals surface area (Å²) < 4.78 is 5.14. The van der Waals surface area contributed by atoms with Crippen LogP contribution < -0.4 is 5.32 Å². The molecule has 0 unspecified atom stereocenters. The molecule has 0 aliphatic heterocycles. The molecule has 2 atom stereocenters. The Balaban J connectivity index is 2.47. The minimum Gasteiger partial charge on any atom is -0.512 e. The van der Waals surface area contributed by atoms with Crippen molar-refractivity contribution in [3.05, 3.63) is 11.8 Å². The number of hydrogen-bond donors (Lipinski definition) is 2. The van der Waals surface area contributed by atoms with Crippen molar-refractivity contribution in [2.24, 2.45) is 5.92 Å². The first-order valence-corrected chi connectivity index (χ1v) is 5.68. The molecule has 0 aromatic rings. The number of hydrogen-bond acceptors (Lipinski definition) is 3. The summed E-state index contributed by atoms with van der Waals surface area (Å²) in [5.41, 5.74) is -0.488. The summed E-state index contributed by atoms with van der Waals surface area (Å²) in [6.07, 6.45) is 2.97. The van der Waals surface area contributed by atoms with Crippen LogP contribution in [0.2, 0.25) is 0 Å². The van der Waals surface area contributed by atoms with Gasteiger partial charge in [-0.1, -0.05) is 6.92 Å². The zero-order valence-corrected chi connectivity index (χ0v) is 10.4. The van der Waals surface area contributed by atoms with Crippen LogP contribution in [0, 0.1) is 5.92 Å². The Bertz CT molecular complexity index is 291. The minimum absolute atomic E-state index is 0.119. The van der Waals surface area contributed by atoms with Crippen LogP contribution in [0.1, 0.15) is 40.5 Å². The number of aliphatic hydroxyl groups excluding tert-OH is 1. The molecule has 1 aliphatic carbocycles. The number of allylic oxidation sites excluding steroid dienone is 1. The highest BCUT2D eigenvalue weighted by molar-refractivity contribution is 5.68. The number of ether oxygens (including phenoxy) is 1. The molecule has 0 heterocycles. The maximum atomic E-state index is 11.5. The van der Waals surface area contributed by atoms with Crippen LogP contribution in [0.4, 0.5) is 4.79 Å². The van der Waals surface area contributed by atoms with E-state index in [9.17, 15) is 9.90 Å². The summed E-state index contributed by atoms with van der Waals surface area (Å²) >= 11 is 0. The van der Waals surface area contributed by atoms with Crippen molar-refractivity contribution >= 4 is 6.09 Å². The van der Waals surface area contributed by atoms with Gasteiger partial charge in [0.25, 0.3) is 0 Å². The maximum absolute atomic E-state index is 11.5. The lowest BCUT2D eigenvalue weighted by atomic mass is 9.92. The number of amides is 1. The second-order valence-corrected chi connectivity index (χ2v) is 5.32. The SMILES string of the molecule is C[C@H]1CC[C@H](NC(=O)OC(C)(C)C)C=C1O. The Morgan fingerprint density at radius 1 is 1.50 bits per heavy atom. The summed E-state index contributed by atoms with van der Waals surface area (Å²) in [5, 5.41) is 12.3. The molecule has 0 aromatic heterocycles. The standard InChI is InChI=1S/C12H21NO3/c1-8-5-6-9(7-10(8)14)13-11(15)16-12(2,3)4/h7-9,14H,5-6H2,1-4H3,(H,13,15)/t8-,9-/m0/s1. The second kappa shape index (κ2) is 4.76. The van der Waals surface area contributed by atoms with Gasteiger partial charge in [-0.25, -0.2) is 4.79 Å². The predicted octanol–water partition coefficient (Wildman–Crippen LogP) is 2.75. The van der Waals surface area contributed by atoms with Crippen molar-refractivity contribution in [2.75, 3.05) is 0 Å². The molecule has 0 radical (unpaired) electrons. The molecule has 4 heteroatoms. The lowest BCUT2D eigenvalue weighted by Crippen LogP contribution is -2.39. The minimum atomic E-state index is -0.488. The van der Waals surface area contributed by atoms with E-state index in [1.807, 2.05) is 27.7 Å². The van der Waals surface area contributed by atoms with Crippen molar-refractivity contribution in [3.63, 3.8) is 0 Å². The van der Waals surface area contributed by atoms with E-state index >= 15 is 0 Å². The van der Waals surface area contributed by atoms with Gasteiger partial charge in [-0.3, -0.25) is 0 Å². The van der Waals surface area contributed by atoms with Crippen LogP contribution in [-0.2, 0) is 4.74 Å². The summed E-state index contributed by atoms with van der Waals surface area (Å²) in [6, 6.07) is -0.119. The Kier molecular flexibility index (Phi) is 3.83. The van der Waals surface area contributed by atoms with E-state index in [4.69, 9.17) is 4.74 Å². The van der Waals surface area contributed by atoms with E-state index in [1.54, 1.807) is 6.08 Å². The largest absolute Gasteiger partial charge is 0.512 e. The van der Waals surface area contributed by atoms with Crippen LogP contribution in [0.5, 0.6) is 0 Å². The monoisotopic (exact) mass is 227 g/mol. The van der Waals surface area contributed by atoms with Gasteiger partial charge in [0.05, 0.1) is 11.8 Å². The van der Waals surface area contributed by atoms with Crippen molar-refractivity contribution in [1.29, 1.82) is 0 Å². The molecule has 0 aromatic carbocycles. The van der Waals surface area contributed by atoms with Gasteiger partial charge in [-0.2, -0.15) is 0 Å². The number of carbonyl (C=O) groups is 1. The molecular formula is C12H21NO3. The summed E-state index contributed by atoms with van der Waals surface area (Å²) in [4.78, 5) is 11.5. The van der Waals surface area contributed by atoms with Gasteiger partial charge in [-0.15, -0.1) is 0 Å². The van der Waals surface area contributed by atoms with E-state index in [0.717, 1.165) is 12.8 Å².